The van der Waals surface area contributed by atoms with Gasteiger partial charge in [0.25, 0.3) is 0 Å². The van der Waals surface area contributed by atoms with Gasteiger partial charge in [-0.1, -0.05) is 30.3 Å². The molecular weight excluding hydrogens is 428 g/mol. The number of carbonyl (C=O) groups excluding carboxylic acids is 2. The van der Waals surface area contributed by atoms with E-state index in [0.717, 1.165) is 11.3 Å². The molecule has 0 N–H and O–H groups in total. The zero-order valence-corrected chi connectivity index (χ0v) is 19.6. The van der Waals surface area contributed by atoms with E-state index in [1.165, 1.54) is 35.5 Å². The van der Waals surface area contributed by atoms with Crippen LogP contribution in [0.4, 0.5) is 0 Å². The first-order valence-electron chi connectivity index (χ1n) is 10.7. The Hall–Kier alpha value is -2.71. The summed E-state index contributed by atoms with van der Waals surface area (Å²) in [5.41, 5.74) is 1.52. The summed E-state index contributed by atoms with van der Waals surface area (Å²) in [7, 11) is -1.89. The summed E-state index contributed by atoms with van der Waals surface area (Å²) >= 11 is 0. The molecule has 0 atom stereocenters. The van der Waals surface area contributed by atoms with Gasteiger partial charge in [-0.25, -0.2) is 8.42 Å². The Morgan fingerprint density at radius 1 is 1.06 bits per heavy atom. The molecular formula is C24H30N2O5S. The molecule has 1 saturated heterocycles. The number of likely N-dealkylation sites (N-methyl/N-ethyl adjacent to an activating group) is 1. The smallest absolute Gasteiger partial charge is 0.243 e. The second-order valence-corrected chi connectivity index (χ2v) is 10.1. The van der Waals surface area contributed by atoms with Crippen LogP contribution in [-0.4, -0.2) is 62.6 Å². The van der Waals surface area contributed by atoms with Crippen molar-refractivity contribution < 1.29 is 22.7 Å². The number of aryl methyl sites for hydroxylation is 1. The van der Waals surface area contributed by atoms with Crippen molar-refractivity contribution >= 4 is 21.7 Å². The zero-order chi connectivity index (χ0) is 23.3. The van der Waals surface area contributed by atoms with Gasteiger partial charge in [0.1, 0.15) is 12.4 Å². The molecule has 1 fully saturated rings. The highest BCUT2D eigenvalue weighted by molar-refractivity contribution is 7.89. The maximum Gasteiger partial charge on any atom is 0.243 e. The molecule has 0 saturated carbocycles. The van der Waals surface area contributed by atoms with Crippen molar-refractivity contribution in [3.8, 4) is 5.75 Å². The average Bonchev–Trinajstić information content (AvgIpc) is 2.80. The number of nitrogens with zero attached hydrogens (tertiary/aromatic N) is 2. The van der Waals surface area contributed by atoms with E-state index < -0.39 is 10.0 Å². The average molecular weight is 459 g/mol. The van der Waals surface area contributed by atoms with Crippen molar-refractivity contribution in [1.82, 2.24) is 9.21 Å². The lowest BCUT2D eigenvalue weighted by Gasteiger charge is -2.32. The predicted molar refractivity (Wildman–Crippen MR) is 122 cm³/mol. The quantitative estimate of drug-likeness (QED) is 0.568. The summed E-state index contributed by atoms with van der Waals surface area (Å²) < 4.78 is 33.0. The van der Waals surface area contributed by atoms with Gasteiger partial charge < -0.3 is 9.64 Å². The Kier molecular flexibility index (Phi) is 7.69. The molecule has 1 aliphatic rings. The zero-order valence-electron chi connectivity index (χ0n) is 18.8. The number of sulfonamides is 1. The SMILES string of the molecule is CC(=O)c1ccc(S(=O)(=O)N2CCC(C(=O)N(C)CCOc3ccccc3C)CC2)cc1. The fraction of sp³-hybridized carbons (Fsp3) is 0.417. The Balaban J connectivity index is 1.51. The van der Waals surface area contributed by atoms with Crippen molar-refractivity contribution in [2.75, 3.05) is 33.3 Å². The highest BCUT2D eigenvalue weighted by atomic mass is 32.2. The van der Waals surface area contributed by atoms with Crippen LogP contribution in [0.3, 0.4) is 0 Å². The number of carbonyl (C=O) groups is 2. The fourth-order valence-corrected chi connectivity index (χ4v) is 5.26. The van der Waals surface area contributed by atoms with E-state index in [9.17, 15) is 18.0 Å². The van der Waals surface area contributed by atoms with Gasteiger partial charge in [0, 0.05) is 31.6 Å². The lowest BCUT2D eigenvalue weighted by molar-refractivity contribution is -0.135. The minimum Gasteiger partial charge on any atom is -0.491 e. The van der Waals surface area contributed by atoms with E-state index >= 15 is 0 Å². The second kappa shape index (κ2) is 10.3. The van der Waals surface area contributed by atoms with Gasteiger partial charge in [0.05, 0.1) is 11.4 Å². The molecule has 0 spiro atoms. The molecule has 1 amide bonds. The maximum atomic E-state index is 12.9. The van der Waals surface area contributed by atoms with E-state index in [-0.39, 0.29) is 22.5 Å². The fourth-order valence-electron chi connectivity index (χ4n) is 3.79. The molecule has 0 bridgehead atoms. The first-order chi connectivity index (χ1) is 15.2. The molecule has 0 radical (unpaired) electrons. The van der Waals surface area contributed by atoms with Crippen LogP contribution >= 0.6 is 0 Å². The molecule has 1 heterocycles. The topological polar surface area (TPSA) is 84.0 Å². The number of Topliss-reactive ketones (excluding diaryl/α,β-unsaturated/α-hetero) is 1. The molecule has 32 heavy (non-hydrogen) atoms. The van der Waals surface area contributed by atoms with Gasteiger partial charge in [-0.15, -0.1) is 0 Å². The first kappa shape index (κ1) is 23.9. The molecule has 7 nitrogen and oxygen atoms in total. The van der Waals surface area contributed by atoms with E-state index in [1.54, 1.807) is 11.9 Å². The standard InChI is InChI=1S/C24H30N2O5S/c1-18-6-4-5-7-23(18)31-17-16-25(3)24(28)21-12-14-26(15-13-21)32(29,30)22-10-8-20(9-11-22)19(2)27/h4-11,21H,12-17H2,1-3H3. The number of para-hydroxylation sites is 1. The number of hydrogen-bond acceptors (Lipinski definition) is 5. The minimum atomic E-state index is -3.65. The van der Waals surface area contributed by atoms with Crippen LogP contribution in [0, 0.1) is 12.8 Å². The molecule has 3 rings (SSSR count). The van der Waals surface area contributed by atoms with E-state index in [2.05, 4.69) is 0 Å². The largest absolute Gasteiger partial charge is 0.491 e. The van der Waals surface area contributed by atoms with Crippen molar-refractivity contribution in [2.24, 2.45) is 5.92 Å². The van der Waals surface area contributed by atoms with Gasteiger partial charge >= 0.3 is 0 Å². The number of rotatable bonds is 8. The van der Waals surface area contributed by atoms with E-state index in [4.69, 9.17) is 4.74 Å². The van der Waals surface area contributed by atoms with Crippen LogP contribution in [0.5, 0.6) is 5.75 Å². The van der Waals surface area contributed by atoms with Gasteiger partial charge in [-0.05, 0) is 50.5 Å². The molecule has 0 unspecified atom stereocenters. The Labute approximate surface area is 190 Å². The third-order valence-electron chi connectivity index (χ3n) is 5.86. The van der Waals surface area contributed by atoms with Crippen LogP contribution in [-0.2, 0) is 14.8 Å². The number of ketones is 1. The molecule has 8 heteroatoms. The van der Waals surface area contributed by atoms with Crippen molar-refractivity contribution in [2.45, 2.75) is 31.6 Å². The third kappa shape index (κ3) is 5.55. The van der Waals surface area contributed by atoms with Gasteiger partial charge in [-0.3, -0.25) is 9.59 Å². The molecule has 2 aromatic carbocycles. The normalized spacial score (nSPS) is 15.3. The summed E-state index contributed by atoms with van der Waals surface area (Å²) in [5, 5.41) is 0. The number of amides is 1. The van der Waals surface area contributed by atoms with Gasteiger partial charge in [0.15, 0.2) is 5.78 Å². The molecule has 1 aliphatic heterocycles. The predicted octanol–water partition coefficient (Wildman–Crippen LogP) is 3.14. The summed E-state index contributed by atoms with van der Waals surface area (Å²) in [6.45, 7) is 4.87. The number of hydrogen-bond donors (Lipinski definition) is 0. The number of piperidine rings is 1. The Morgan fingerprint density at radius 3 is 2.28 bits per heavy atom. The van der Waals surface area contributed by atoms with Crippen LogP contribution in [0.25, 0.3) is 0 Å². The number of benzene rings is 2. The lowest BCUT2D eigenvalue weighted by atomic mass is 9.97. The lowest BCUT2D eigenvalue weighted by Crippen LogP contribution is -2.44. The molecule has 0 aliphatic carbocycles. The molecule has 172 valence electrons. The highest BCUT2D eigenvalue weighted by Crippen LogP contribution is 2.25. The van der Waals surface area contributed by atoms with Gasteiger partial charge in [-0.2, -0.15) is 4.31 Å². The van der Waals surface area contributed by atoms with E-state index in [0.29, 0.717) is 44.6 Å². The van der Waals surface area contributed by atoms with E-state index in [1.807, 2.05) is 31.2 Å². The first-order valence-corrected chi connectivity index (χ1v) is 12.2. The second-order valence-electron chi connectivity index (χ2n) is 8.13. The van der Waals surface area contributed by atoms with Crippen LogP contribution in [0.1, 0.15) is 35.7 Å². The summed E-state index contributed by atoms with van der Waals surface area (Å²) in [6.07, 6.45) is 0.958. The monoisotopic (exact) mass is 458 g/mol. The minimum absolute atomic E-state index is 0.0150. The van der Waals surface area contributed by atoms with Crippen LogP contribution in [0.15, 0.2) is 53.4 Å². The molecule has 2 aromatic rings. The van der Waals surface area contributed by atoms with Crippen LogP contribution < -0.4 is 4.74 Å². The van der Waals surface area contributed by atoms with Crippen molar-refractivity contribution in [3.05, 3.63) is 59.7 Å². The molecule has 0 aromatic heterocycles. The third-order valence-corrected chi connectivity index (χ3v) is 7.77. The summed E-state index contributed by atoms with van der Waals surface area (Å²) in [4.78, 5) is 26.0. The number of ether oxygens (including phenoxy) is 1. The highest BCUT2D eigenvalue weighted by Gasteiger charge is 2.33. The summed E-state index contributed by atoms with van der Waals surface area (Å²) in [5.74, 6) is 0.510. The summed E-state index contributed by atoms with van der Waals surface area (Å²) in [6, 6.07) is 13.7. The maximum absolute atomic E-state index is 12.9. The van der Waals surface area contributed by atoms with Crippen molar-refractivity contribution in [3.63, 3.8) is 0 Å². The van der Waals surface area contributed by atoms with Crippen LogP contribution in [0.2, 0.25) is 0 Å². The Bertz CT molecular complexity index is 1060. The van der Waals surface area contributed by atoms with Gasteiger partial charge in [0.2, 0.25) is 15.9 Å². The Morgan fingerprint density at radius 2 is 1.69 bits per heavy atom. The van der Waals surface area contributed by atoms with Crippen molar-refractivity contribution in [1.29, 1.82) is 0 Å².